The molecule has 60 valence electrons. The van der Waals surface area contributed by atoms with Crippen LogP contribution in [0.25, 0.3) is 0 Å². The van der Waals surface area contributed by atoms with E-state index in [0.29, 0.717) is 6.61 Å². The van der Waals surface area contributed by atoms with Gasteiger partial charge in [-0.3, -0.25) is 0 Å². The zero-order chi connectivity index (χ0) is 8.55. The van der Waals surface area contributed by atoms with Gasteiger partial charge in [-0.1, -0.05) is 18.1 Å². The molecule has 1 atom stereocenters. The third-order valence-electron chi connectivity index (χ3n) is 2.01. The van der Waals surface area contributed by atoms with Crippen molar-refractivity contribution in [2.24, 2.45) is 5.73 Å². The second kappa shape index (κ2) is 2.54. The summed E-state index contributed by atoms with van der Waals surface area (Å²) < 4.78 is 5.37. The summed E-state index contributed by atoms with van der Waals surface area (Å²) in [6, 6.07) is 5.70. The van der Waals surface area contributed by atoms with E-state index < -0.39 is 0 Å². The van der Waals surface area contributed by atoms with E-state index in [2.05, 4.69) is 5.92 Å². The first kappa shape index (κ1) is 7.20. The Labute approximate surface area is 71.3 Å². The number of benzene rings is 1. The average Bonchev–Trinajstić information content (AvgIpc) is 2.48. The Morgan fingerprint density at radius 2 is 2.42 bits per heavy atom. The molecular weight excluding hydrogens is 150 g/mol. The van der Waals surface area contributed by atoms with Crippen LogP contribution in [-0.2, 0) is 0 Å². The molecule has 2 heteroatoms. The minimum Gasteiger partial charge on any atom is -0.490 e. The summed E-state index contributed by atoms with van der Waals surface area (Å²) in [4.78, 5) is 0. The summed E-state index contributed by atoms with van der Waals surface area (Å²) in [6.45, 7) is 0.536. The second-order valence-electron chi connectivity index (χ2n) is 2.79. The molecule has 1 aromatic rings. The molecule has 0 fully saturated rings. The molecule has 0 amide bonds. The predicted octanol–water partition coefficient (Wildman–Crippen LogP) is 1.06. The van der Waals surface area contributed by atoms with E-state index in [1.807, 2.05) is 18.2 Å². The number of rotatable bonds is 0. The van der Waals surface area contributed by atoms with Crippen LogP contribution >= 0.6 is 0 Å². The number of hydrogen-bond acceptors (Lipinski definition) is 2. The minimum atomic E-state index is -0.0201. The van der Waals surface area contributed by atoms with Gasteiger partial charge in [-0.2, -0.15) is 0 Å². The molecule has 1 aromatic carbocycles. The Balaban J connectivity index is 2.60. The third-order valence-corrected chi connectivity index (χ3v) is 2.01. The second-order valence-corrected chi connectivity index (χ2v) is 2.79. The van der Waals surface area contributed by atoms with Gasteiger partial charge in [0.1, 0.15) is 12.4 Å². The van der Waals surface area contributed by atoms with Gasteiger partial charge >= 0.3 is 0 Å². The molecule has 0 aliphatic carbocycles. The molecule has 1 heterocycles. The van der Waals surface area contributed by atoms with Gasteiger partial charge in [-0.25, -0.2) is 0 Å². The van der Waals surface area contributed by atoms with E-state index in [0.717, 1.165) is 16.9 Å². The van der Waals surface area contributed by atoms with Crippen molar-refractivity contribution < 1.29 is 4.74 Å². The molecule has 0 unspecified atom stereocenters. The van der Waals surface area contributed by atoms with Crippen LogP contribution in [0.5, 0.6) is 5.75 Å². The van der Waals surface area contributed by atoms with E-state index in [1.165, 1.54) is 0 Å². The number of fused-ring (bicyclic) bond motifs is 1. The van der Waals surface area contributed by atoms with Crippen molar-refractivity contribution in [2.45, 2.75) is 6.04 Å². The molecule has 0 radical (unpaired) electrons. The fourth-order valence-electron chi connectivity index (χ4n) is 1.38. The number of para-hydroxylation sites is 1. The zero-order valence-electron chi connectivity index (χ0n) is 6.58. The Morgan fingerprint density at radius 1 is 1.58 bits per heavy atom. The highest BCUT2D eigenvalue weighted by Gasteiger charge is 2.21. The largest absolute Gasteiger partial charge is 0.490 e. The molecule has 0 saturated carbocycles. The third kappa shape index (κ3) is 0.876. The van der Waals surface area contributed by atoms with Crippen LogP contribution in [-0.4, -0.2) is 6.61 Å². The van der Waals surface area contributed by atoms with Gasteiger partial charge in [-0.15, -0.1) is 6.42 Å². The van der Waals surface area contributed by atoms with Crippen molar-refractivity contribution in [3.63, 3.8) is 0 Å². The standard InChI is InChI=1S/C10H9NO/c1-2-7-4-3-5-8-9(11)6-12-10(7)8/h1,3-5,9H,6,11H2/t9-/m0/s1. The van der Waals surface area contributed by atoms with E-state index in [-0.39, 0.29) is 6.04 Å². The summed E-state index contributed by atoms with van der Waals surface area (Å²) in [7, 11) is 0. The van der Waals surface area contributed by atoms with Crippen LogP contribution in [0.15, 0.2) is 18.2 Å². The maximum absolute atomic E-state index is 5.78. The predicted molar refractivity (Wildman–Crippen MR) is 46.8 cm³/mol. The monoisotopic (exact) mass is 159 g/mol. The highest BCUT2D eigenvalue weighted by atomic mass is 16.5. The highest BCUT2D eigenvalue weighted by Crippen LogP contribution is 2.33. The van der Waals surface area contributed by atoms with E-state index in [4.69, 9.17) is 16.9 Å². The lowest BCUT2D eigenvalue weighted by Crippen LogP contribution is -2.10. The van der Waals surface area contributed by atoms with Gasteiger partial charge in [0.2, 0.25) is 0 Å². The molecule has 2 nitrogen and oxygen atoms in total. The van der Waals surface area contributed by atoms with Crippen LogP contribution in [0, 0.1) is 12.3 Å². The quantitative estimate of drug-likeness (QED) is 0.574. The number of hydrogen-bond donors (Lipinski definition) is 1. The lowest BCUT2D eigenvalue weighted by Gasteiger charge is -2.01. The molecule has 2 rings (SSSR count). The Morgan fingerprint density at radius 3 is 3.17 bits per heavy atom. The van der Waals surface area contributed by atoms with Crippen molar-refractivity contribution in [2.75, 3.05) is 6.61 Å². The lowest BCUT2D eigenvalue weighted by atomic mass is 10.1. The van der Waals surface area contributed by atoms with Crippen LogP contribution in [0.1, 0.15) is 17.2 Å². The van der Waals surface area contributed by atoms with Crippen molar-refractivity contribution in [3.05, 3.63) is 29.3 Å². The number of nitrogens with two attached hydrogens (primary N) is 1. The van der Waals surface area contributed by atoms with Crippen LogP contribution in [0.4, 0.5) is 0 Å². The Hall–Kier alpha value is -1.46. The first-order chi connectivity index (χ1) is 5.83. The Kier molecular flexibility index (Phi) is 1.53. The molecular formula is C10H9NO. The first-order valence-electron chi connectivity index (χ1n) is 3.81. The van der Waals surface area contributed by atoms with Crippen LogP contribution in [0.3, 0.4) is 0 Å². The van der Waals surface area contributed by atoms with Crippen molar-refractivity contribution in [3.8, 4) is 18.1 Å². The maximum atomic E-state index is 5.78. The summed E-state index contributed by atoms with van der Waals surface area (Å²) in [6.07, 6.45) is 5.30. The maximum Gasteiger partial charge on any atom is 0.139 e. The molecule has 0 saturated heterocycles. The molecule has 0 aromatic heterocycles. The summed E-state index contributed by atoms with van der Waals surface area (Å²) in [5, 5.41) is 0. The molecule has 12 heavy (non-hydrogen) atoms. The van der Waals surface area contributed by atoms with Gasteiger partial charge in [-0.05, 0) is 6.07 Å². The van der Waals surface area contributed by atoms with Gasteiger partial charge in [0.15, 0.2) is 0 Å². The van der Waals surface area contributed by atoms with E-state index >= 15 is 0 Å². The lowest BCUT2D eigenvalue weighted by molar-refractivity contribution is 0.332. The summed E-state index contributed by atoms with van der Waals surface area (Å²) in [5.74, 6) is 3.35. The number of terminal acetylenes is 1. The summed E-state index contributed by atoms with van der Waals surface area (Å²) >= 11 is 0. The van der Waals surface area contributed by atoms with Crippen molar-refractivity contribution in [1.29, 1.82) is 0 Å². The van der Waals surface area contributed by atoms with Crippen molar-refractivity contribution >= 4 is 0 Å². The highest BCUT2D eigenvalue weighted by molar-refractivity contribution is 5.52. The van der Waals surface area contributed by atoms with E-state index in [1.54, 1.807) is 0 Å². The smallest absolute Gasteiger partial charge is 0.139 e. The normalized spacial score (nSPS) is 19.5. The zero-order valence-corrected chi connectivity index (χ0v) is 6.58. The molecule has 0 bridgehead atoms. The van der Waals surface area contributed by atoms with Crippen LogP contribution in [0.2, 0.25) is 0 Å². The average molecular weight is 159 g/mol. The first-order valence-corrected chi connectivity index (χ1v) is 3.81. The van der Waals surface area contributed by atoms with Gasteiger partial charge in [0, 0.05) is 5.56 Å². The molecule has 0 spiro atoms. The molecule has 2 N–H and O–H groups in total. The topological polar surface area (TPSA) is 35.2 Å². The molecule has 1 aliphatic heterocycles. The fraction of sp³-hybridized carbons (Fsp3) is 0.200. The molecule has 1 aliphatic rings. The van der Waals surface area contributed by atoms with Gasteiger partial charge in [0.25, 0.3) is 0 Å². The van der Waals surface area contributed by atoms with Gasteiger partial charge in [0.05, 0.1) is 11.6 Å². The van der Waals surface area contributed by atoms with Crippen LogP contribution < -0.4 is 10.5 Å². The van der Waals surface area contributed by atoms with Gasteiger partial charge < -0.3 is 10.5 Å². The SMILES string of the molecule is C#Cc1cccc2c1OC[C@@H]2N. The fourth-order valence-corrected chi connectivity index (χ4v) is 1.38. The number of ether oxygens (including phenoxy) is 1. The van der Waals surface area contributed by atoms with Crippen molar-refractivity contribution in [1.82, 2.24) is 0 Å². The minimum absolute atomic E-state index is 0.0201. The van der Waals surface area contributed by atoms with E-state index in [9.17, 15) is 0 Å². The Bertz CT molecular complexity index is 351. The summed E-state index contributed by atoms with van der Waals surface area (Å²) in [5.41, 5.74) is 7.59.